The third-order valence-electron chi connectivity index (χ3n) is 1.96. The number of carbonyl (C=O) groups is 1. The second kappa shape index (κ2) is 4.02. The van der Waals surface area contributed by atoms with Crippen LogP contribution in [0.15, 0.2) is 29.0 Å². The first-order chi connectivity index (χ1) is 7.22. The topological polar surface area (TPSA) is 43.6 Å². The number of aromatic nitrogens is 2. The van der Waals surface area contributed by atoms with Gasteiger partial charge in [0.25, 0.3) is 0 Å². The molecule has 0 fully saturated rings. The SMILES string of the molecule is CCOC(=O)c1cc(Br)cc2nccn12. The Balaban J connectivity index is 2.57. The predicted octanol–water partition coefficient (Wildman–Crippen LogP) is 2.27. The fourth-order valence-corrected chi connectivity index (χ4v) is 1.77. The lowest BCUT2D eigenvalue weighted by Gasteiger charge is -2.05. The monoisotopic (exact) mass is 268 g/mol. The van der Waals surface area contributed by atoms with Crippen LogP contribution in [-0.4, -0.2) is 22.0 Å². The third-order valence-corrected chi connectivity index (χ3v) is 2.41. The van der Waals surface area contributed by atoms with Gasteiger partial charge in [0, 0.05) is 16.9 Å². The van der Waals surface area contributed by atoms with Crippen molar-refractivity contribution in [2.75, 3.05) is 6.61 Å². The van der Waals surface area contributed by atoms with Crippen molar-refractivity contribution in [3.8, 4) is 0 Å². The third kappa shape index (κ3) is 1.87. The number of fused-ring (bicyclic) bond motifs is 1. The Morgan fingerprint density at radius 1 is 1.60 bits per heavy atom. The molecular formula is C10H9BrN2O2. The molecule has 0 saturated carbocycles. The van der Waals surface area contributed by atoms with Gasteiger partial charge in [-0.1, -0.05) is 15.9 Å². The van der Waals surface area contributed by atoms with Crippen molar-refractivity contribution in [2.45, 2.75) is 6.92 Å². The van der Waals surface area contributed by atoms with Gasteiger partial charge in [0.1, 0.15) is 11.3 Å². The molecule has 0 atom stereocenters. The molecule has 15 heavy (non-hydrogen) atoms. The highest BCUT2D eigenvalue weighted by molar-refractivity contribution is 9.10. The van der Waals surface area contributed by atoms with E-state index in [1.165, 1.54) is 0 Å². The standard InChI is InChI=1S/C10H9BrN2O2/c1-2-15-10(14)8-5-7(11)6-9-12-3-4-13(8)9/h3-6H,2H2,1H3. The van der Waals surface area contributed by atoms with Gasteiger partial charge in [0.05, 0.1) is 6.61 Å². The Morgan fingerprint density at radius 2 is 2.40 bits per heavy atom. The fraction of sp³-hybridized carbons (Fsp3) is 0.200. The average Bonchev–Trinajstić information content (AvgIpc) is 2.64. The molecular weight excluding hydrogens is 260 g/mol. The van der Waals surface area contributed by atoms with Crippen LogP contribution in [0.5, 0.6) is 0 Å². The number of hydrogen-bond donors (Lipinski definition) is 0. The summed E-state index contributed by atoms with van der Waals surface area (Å²) in [5.74, 6) is -0.346. The van der Waals surface area contributed by atoms with E-state index in [0.29, 0.717) is 17.9 Å². The zero-order chi connectivity index (χ0) is 10.8. The molecule has 2 rings (SSSR count). The molecule has 0 aliphatic heterocycles. The fourth-order valence-electron chi connectivity index (χ4n) is 1.35. The van der Waals surface area contributed by atoms with Crippen molar-refractivity contribution in [3.63, 3.8) is 0 Å². The van der Waals surface area contributed by atoms with Crippen molar-refractivity contribution < 1.29 is 9.53 Å². The number of hydrogen-bond acceptors (Lipinski definition) is 3. The minimum absolute atomic E-state index is 0.346. The van der Waals surface area contributed by atoms with Gasteiger partial charge >= 0.3 is 5.97 Å². The van der Waals surface area contributed by atoms with Gasteiger partial charge in [-0.25, -0.2) is 9.78 Å². The molecule has 2 aromatic rings. The van der Waals surface area contributed by atoms with Gasteiger partial charge in [-0.15, -0.1) is 0 Å². The van der Waals surface area contributed by atoms with Gasteiger partial charge in [-0.05, 0) is 19.1 Å². The van der Waals surface area contributed by atoms with Gasteiger partial charge in [0.2, 0.25) is 0 Å². The zero-order valence-corrected chi connectivity index (χ0v) is 9.69. The number of rotatable bonds is 2. The molecule has 0 aliphatic carbocycles. The maximum absolute atomic E-state index is 11.6. The summed E-state index contributed by atoms with van der Waals surface area (Å²) < 4.78 is 7.46. The van der Waals surface area contributed by atoms with Crippen LogP contribution in [0.2, 0.25) is 0 Å². The van der Waals surface area contributed by atoms with E-state index in [0.717, 1.165) is 4.47 Å². The van der Waals surface area contributed by atoms with Crippen LogP contribution in [0.25, 0.3) is 5.65 Å². The summed E-state index contributed by atoms with van der Waals surface area (Å²) >= 11 is 3.33. The molecule has 2 heterocycles. The molecule has 0 saturated heterocycles. The lowest BCUT2D eigenvalue weighted by atomic mass is 10.3. The molecule has 5 heteroatoms. The first kappa shape index (κ1) is 10.2. The van der Waals surface area contributed by atoms with E-state index < -0.39 is 0 Å². The molecule has 0 aromatic carbocycles. The van der Waals surface area contributed by atoms with Crippen molar-refractivity contribution in [1.82, 2.24) is 9.38 Å². The Labute approximate surface area is 95.0 Å². The highest BCUT2D eigenvalue weighted by atomic mass is 79.9. The van der Waals surface area contributed by atoms with Crippen LogP contribution in [0.3, 0.4) is 0 Å². The summed E-state index contributed by atoms with van der Waals surface area (Å²) in [4.78, 5) is 15.7. The van der Waals surface area contributed by atoms with Crippen molar-refractivity contribution in [1.29, 1.82) is 0 Å². The van der Waals surface area contributed by atoms with Crippen LogP contribution in [0.4, 0.5) is 0 Å². The largest absolute Gasteiger partial charge is 0.461 e. The molecule has 0 bridgehead atoms. The van der Waals surface area contributed by atoms with Gasteiger partial charge in [-0.3, -0.25) is 4.40 Å². The second-order valence-corrected chi connectivity index (χ2v) is 3.85. The average molecular weight is 269 g/mol. The summed E-state index contributed by atoms with van der Waals surface area (Å²) in [5.41, 5.74) is 1.19. The summed E-state index contributed by atoms with van der Waals surface area (Å²) in [7, 11) is 0. The maximum atomic E-state index is 11.6. The molecule has 0 spiro atoms. The summed E-state index contributed by atoms with van der Waals surface area (Å²) in [6.45, 7) is 2.14. The van der Waals surface area contributed by atoms with E-state index in [4.69, 9.17) is 4.74 Å². The second-order valence-electron chi connectivity index (χ2n) is 2.93. The van der Waals surface area contributed by atoms with Crippen LogP contribution in [0.1, 0.15) is 17.4 Å². The summed E-state index contributed by atoms with van der Waals surface area (Å²) in [5, 5.41) is 0. The molecule has 4 nitrogen and oxygen atoms in total. The highest BCUT2D eigenvalue weighted by Crippen LogP contribution is 2.16. The number of carbonyl (C=O) groups excluding carboxylic acids is 1. The molecule has 0 N–H and O–H groups in total. The number of nitrogens with zero attached hydrogens (tertiary/aromatic N) is 2. The predicted molar refractivity (Wildman–Crippen MR) is 58.8 cm³/mol. The Morgan fingerprint density at radius 3 is 3.13 bits per heavy atom. The summed E-state index contributed by atoms with van der Waals surface area (Å²) in [6.07, 6.45) is 3.37. The number of ether oxygens (including phenoxy) is 1. The van der Waals surface area contributed by atoms with E-state index in [-0.39, 0.29) is 5.97 Å². The first-order valence-corrected chi connectivity index (χ1v) is 5.31. The Kier molecular flexibility index (Phi) is 2.73. The first-order valence-electron chi connectivity index (χ1n) is 4.52. The number of halogens is 1. The van der Waals surface area contributed by atoms with E-state index >= 15 is 0 Å². The van der Waals surface area contributed by atoms with Gasteiger partial charge < -0.3 is 4.74 Å². The van der Waals surface area contributed by atoms with E-state index in [9.17, 15) is 4.79 Å². The Bertz CT molecular complexity index is 507. The molecule has 0 radical (unpaired) electrons. The molecule has 2 aromatic heterocycles. The van der Waals surface area contributed by atoms with E-state index in [1.807, 2.05) is 6.07 Å². The molecule has 0 aliphatic rings. The van der Waals surface area contributed by atoms with Crippen molar-refractivity contribution in [2.24, 2.45) is 0 Å². The van der Waals surface area contributed by atoms with Gasteiger partial charge in [-0.2, -0.15) is 0 Å². The lowest BCUT2D eigenvalue weighted by molar-refractivity contribution is 0.0517. The quantitative estimate of drug-likeness (QED) is 0.785. The Hall–Kier alpha value is -1.36. The number of pyridine rings is 1. The van der Waals surface area contributed by atoms with Crippen LogP contribution in [-0.2, 0) is 4.74 Å². The van der Waals surface area contributed by atoms with Crippen LogP contribution >= 0.6 is 15.9 Å². The van der Waals surface area contributed by atoms with Gasteiger partial charge in [0.15, 0.2) is 0 Å². The lowest BCUT2D eigenvalue weighted by Crippen LogP contribution is -2.09. The van der Waals surface area contributed by atoms with Crippen LogP contribution in [0, 0.1) is 0 Å². The zero-order valence-electron chi connectivity index (χ0n) is 8.11. The van der Waals surface area contributed by atoms with Crippen molar-refractivity contribution >= 4 is 27.5 Å². The number of imidazole rings is 1. The van der Waals surface area contributed by atoms with Crippen molar-refractivity contribution in [3.05, 3.63) is 34.7 Å². The van der Waals surface area contributed by atoms with E-state index in [2.05, 4.69) is 20.9 Å². The summed E-state index contributed by atoms with van der Waals surface area (Å²) in [6, 6.07) is 3.55. The smallest absolute Gasteiger partial charge is 0.355 e. The molecule has 0 amide bonds. The molecule has 0 unspecified atom stereocenters. The van der Waals surface area contributed by atoms with E-state index in [1.54, 1.807) is 29.8 Å². The minimum atomic E-state index is -0.346. The highest BCUT2D eigenvalue weighted by Gasteiger charge is 2.12. The van der Waals surface area contributed by atoms with Crippen LogP contribution < -0.4 is 0 Å². The maximum Gasteiger partial charge on any atom is 0.355 e. The minimum Gasteiger partial charge on any atom is -0.461 e. The normalized spacial score (nSPS) is 10.5. The molecule has 78 valence electrons. The number of esters is 1.